The molecule has 4 fully saturated rings. The largest absolute Gasteiger partial charge is 0.399 e. The number of amides is 10. The van der Waals surface area contributed by atoms with Crippen molar-refractivity contribution in [3.8, 4) is 11.8 Å². The molecule has 4 aromatic carbocycles. The molecule has 2 saturated carbocycles. The first-order valence-corrected chi connectivity index (χ1v) is 52.4. The van der Waals surface area contributed by atoms with E-state index in [2.05, 4.69) is 93.3 Å². The molecular formula is C109H155N11O27. The summed E-state index contributed by atoms with van der Waals surface area (Å²) in [6.45, 7) is 13.0. The van der Waals surface area contributed by atoms with Crippen molar-refractivity contribution in [2.45, 2.75) is 318 Å². The second-order valence-corrected chi connectivity index (χ2v) is 41.9. The first kappa shape index (κ1) is 115. The van der Waals surface area contributed by atoms with Gasteiger partial charge in [0.15, 0.2) is 12.5 Å². The molecule has 10 amide bonds. The number of nitrogens with one attached hydrogen (secondary N) is 8. The summed E-state index contributed by atoms with van der Waals surface area (Å²) in [6, 6.07) is 22.2. The summed E-state index contributed by atoms with van der Waals surface area (Å²) in [4.78, 5) is 156. The van der Waals surface area contributed by atoms with Crippen LogP contribution >= 0.6 is 0 Å². The molecule has 5 aliphatic carbocycles. The molecule has 20 N–H and O–H groups in total. The number of hydrogen-bond acceptors (Lipinski definition) is 29. The number of fused-ring (bicyclic) bond motifs is 8. The number of primary amides is 1. The number of carbonyl (C=O) groups is 11. The monoisotopic (exact) mass is 2050 g/mol. The van der Waals surface area contributed by atoms with Gasteiger partial charge in [-0.15, -0.1) is 0 Å². The fourth-order valence-electron chi connectivity index (χ4n) is 22.8. The smallest absolute Gasteiger partial charge is 0.312 e. The van der Waals surface area contributed by atoms with Gasteiger partial charge in [-0.25, -0.2) is 4.79 Å². The van der Waals surface area contributed by atoms with Gasteiger partial charge in [-0.2, -0.15) is 0 Å². The highest BCUT2D eigenvalue weighted by Gasteiger charge is 2.60. The van der Waals surface area contributed by atoms with Crippen LogP contribution in [0.25, 0.3) is 0 Å². The fraction of sp³-hybridized carbons (Fsp3) is 0.642. The van der Waals surface area contributed by atoms with Crippen molar-refractivity contribution in [3.63, 3.8) is 0 Å². The lowest BCUT2D eigenvalue weighted by atomic mass is 9.49. The number of urea groups is 1. The van der Waals surface area contributed by atoms with Crippen LogP contribution in [-0.4, -0.2) is 284 Å². The number of carbonyl (C=O) groups excluding carboxylic acids is 11. The summed E-state index contributed by atoms with van der Waals surface area (Å²) in [5.41, 5.74) is 19.6. The number of ether oxygens (including phenoxy) is 8. The molecule has 0 radical (unpaired) electrons. The number of aliphatic hydroxyl groups is 8. The van der Waals surface area contributed by atoms with Gasteiger partial charge in [-0.1, -0.05) is 146 Å². The van der Waals surface area contributed by atoms with Crippen molar-refractivity contribution in [1.29, 1.82) is 0 Å². The van der Waals surface area contributed by atoms with E-state index in [0.717, 1.165) is 59.9 Å². The van der Waals surface area contributed by atoms with Crippen molar-refractivity contribution in [1.82, 2.24) is 37.2 Å². The molecule has 0 bridgehead atoms. The maximum atomic E-state index is 15.1. The fourth-order valence-corrected chi connectivity index (χ4v) is 22.8. The first-order chi connectivity index (χ1) is 70.4. The zero-order chi connectivity index (χ0) is 106. The lowest BCUT2D eigenvalue weighted by molar-refractivity contribution is -0.343. The number of allylic oxidation sites excluding steroid dienone is 1. The van der Waals surface area contributed by atoms with Crippen molar-refractivity contribution in [2.75, 3.05) is 103 Å². The molecule has 0 spiro atoms. The molecule has 1 unspecified atom stereocenters. The molecule has 2 saturated heterocycles. The van der Waals surface area contributed by atoms with E-state index in [0.29, 0.717) is 107 Å². The van der Waals surface area contributed by atoms with E-state index in [9.17, 15) is 88.8 Å². The maximum absolute atomic E-state index is 15.1. The Hall–Kier alpha value is -10.3. The maximum Gasteiger partial charge on any atom is 0.312 e. The van der Waals surface area contributed by atoms with Crippen LogP contribution in [0.1, 0.15) is 240 Å². The normalized spacial score (nSPS) is 27.0. The number of ketones is 2. The van der Waals surface area contributed by atoms with Gasteiger partial charge in [0, 0.05) is 80.2 Å². The SMILES string of the molecule is Cc1ccc2c(c1)[C@@]1(C)CCC[C@](C)(C(=O)NC(=O)[C@@]3(C)CCC[C@]4(C)c5cc(NC(=O)[C@H](CO)NC(=O)[C@H](CCCNC(N)=O)NC(=O)[C@@H](NC(=O)[C@@H](CCCCNC(=O)COC6CCCCCC(N[C@H]7O[C@H](CO)[C@@H](O[C@H]8O[C@H](CO)[C@@H](O)[C@H](O)[C@H]8O)[C@H](O)[C@H]7O)=C6N)CC(=O)CCOCCOCCOCCOCCCC(=O)CCC(=O)N6Cc7ccccc7C#Cc7ccccc76)C(C)C)ccc5CC[C@@H]34)[C@@H]1CC2. The predicted molar refractivity (Wildman–Crippen MR) is 541 cm³/mol. The Balaban J connectivity index is 0.625. The van der Waals surface area contributed by atoms with E-state index >= 15 is 4.79 Å². The number of aliphatic hydroxyl groups excluding tert-OH is 8. The third-order valence-corrected chi connectivity index (χ3v) is 31.2. The predicted octanol–water partition coefficient (Wildman–Crippen LogP) is 4.98. The number of imide groups is 1. The highest BCUT2D eigenvalue weighted by molar-refractivity contribution is 6.02. The Bertz CT molecular complexity index is 5280. The molecule has 3 aliphatic heterocycles. The average molecular weight is 2050 g/mol. The second-order valence-electron chi connectivity index (χ2n) is 41.9. The van der Waals surface area contributed by atoms with Crippen LogP contribution in [-0.2, 0) is 116 Å². The van der Waals surface area contributed by atoms with Crippen LogP contribution in [0.15, 0.2) is 96.3 Å². The Kier molecular flexibility index (Phi) is 42.7. The minimum atomic E-state index is -1.86. The van der Waals surface area contributed by atoms with Gasteiger partial charge in [0.2, 0.25) is 47.3 Å². The minimum absolute atomic E-state index is 0.0309. The lowest BCUT2D eigenvalue weighted by Crippen LogP contribution is -2.66. The molecule has 38 nitrogen and oxygen atoms in total. The number of Topliss-reactive ketones (excluding diaryl/α,β-unsaturated/α-hetero) is 2. The number of rotatable bonds is 51. The molecule has 38 heteroatoms. The summed E-state index contributed by atoms with van der Waals surface area (Å²) in [7, 11) is 0. The van der Waals surface area contributed by atoms with Crippen molar-refractivity contribution in [3.05, 3.63) is 141 Å². The van der Waals surface area contributed by atoms with Gasteiger partial charge in [-0.05, 0) is 196 Å². The summed E-state index contributed by atoms with van der Waals surface area (Å²) < 4.78 is 46.1. The van der Waals surface area contributed by atoms with Crippen LogP contribution in [0.3, 0.4) is 0 Å². The Morgan fingerprint density at radius 3 is 1.82 bits per heavy atom. The standard InChI is InChI=1S/C109H155N11O27/c1-65(2)90(100(136)115-79(27-17-48-113-105(111)139)98(134)116-80(61-121)99(135)114-73-37-34-69-36-40-86-107(5,77(69)59-73)44-20-46-109(86,7)104(138)119-103(137)108(6)45-19-43-106(4)76-57-66(3)30-31-68(76)35-39-85(106)108)118-97(133)71(58-75(125)42-50-141-52-54-143-56-55-142-53-51-140-49-18-25-74(124)38-41-88(127)120-60-72-24-12-11-21-67(72)32-33-70-22-13-14-28-81(70)120)23-15-16-47-112-87(126)64-144-82-29-10-8-9-26-78(89(82)110)117-101-94(131)93(130)96(84(63-123)145-101)147-102-95(132)92(129)91(128)83(62-122)146-102/h11-14,21-22,24,28,30-31,34,37,57,59,65,71,79-80,82-86,90-96,101-102,117,121-123,128-132H,8-10,15-20,23,25-27,29,35-36,38-56,58,60-64,110H2,1-7H3,(H,112,126)(H,114,135)(H,115,136)(H,116,134)(H,118,133)(H3,111,113,139)(H,119,137,138)/t71-,79-,80-,82?,83+,84+,85+,86+,90-,91+,92-,93+,94+,95+,96+,101-,102+,106+,107+,108-,109-/m0/s1. The van der Waals surface area contributed by atoms with Crippen LogP contribution in [0, 0.1) is 53.3 Å². The van der Waals surface area contributed by atoms with E-state index in [-0.39, 0.29) is 169 Å². The highest BCUT2D eigenvalue weighted by atomic mass is 16.7. The second kappa shape index (κ2) is 54.4. The molecule has 21 atom stereocenters. The van der Waals surface area contributed by atoms with Crippen molar-refractivity contribution >= 4 is 76.2 Å². The van der Waals surface area contributed by atoms with Gasteiger partial charge in [0.1, 0.15) is 85.1 Å². The molecule has 808 valence electrons. The molecule has 0 aromatic heterocycles. The zero-order valence-corrected chi connectivity index (χ0v) is 85.9. The van der Waals surface area contributed by atoms with Crippen molar-refractivity contribution in [2.24, 2.45) is 46.0 Å². The van der Waals surface area contributed by atoms with Crippen molar-refractivity contribution < 1.29 is 131 Å². The van der Waals surface area contributed by atoms with Crippen LogP contribution in [0.5, 0.6) is 0 Å². The number of unbranched alkanes of at least 4 members (excludes halogenated alkanes) is 1. The molecule has 8 aliphatic rings. The van der Waals surface area contributed by atoms with E-state index in [4.69, 9.17) is 49.4 Å². The van der Waals surface area contributed by atoms with E-state index in [1.165, 1.54) is 16.7 Å². The number of benzene rings is 4. The average Bonchev–Trinajstić information content (AvgIpc) is 0.717. The van der Waals surface area contributed by atoms with Gasteiger partial charge in [0.05, 0.1) is 101 Å². The number of nitrogens with zero attached hydrogens (tertiary/aromatic N) is 1. The number of para-hydroxylation sites is 1. The van der Waals surface area contributed by atoms with E-state index in [1.807, 2.05) is 74.5 Å². The van der Waals surface area contributed by atoms with E-state index < -0.39 is 176 Å². The quantitative estimate of drug-likeness (QED) is 0.0157. The number of anilines is 2. The molecule has 4 aromatic rings. The molecule has 12 rings (SSSR count). The first-order valence-electron chi connectivity index (χ1n) is 52.4. The number of nitrogens with two attached hydrogens (primary N) is 2. The summed E-state index contributed by atoms with van der Waals surface area (Å²) in [6.07, 6.45) is -5.87. The Morgan fingerprint density at radius 2 is 1.16 bits per heavy atom. The van der Waals surface area contributed by atoms with Gasteiger partial charge in [0.25, 0.3) is 0 Å². The summed E-state index contributed by atoms with van der Waals surface area (Å²) >= 11 is 0. The van der Waals surface area contributed by atoms with Crippen LogP contribution < -0.4 is 58.9 Å². The zero-order valence-electron chi connectivity index (χ0n) is 85.9. The molecular weight excluding hydrogens is 1900 g/mol. The highest BCUT2D eigenvalue weighted by Crippen LogP contribution is 2.60. The topological polar surface area (TPSA) is 575 Å². The summed E-state index contributed by atoms with van der Waals surface area (Å²) in [5, 5.41) is 108. The third-order valence-electron chi connectivity index (χ3n) is 31.2. The number of aryl methyl sites for hydroxylation is 3. The van der Waals surface area contributed by atoms with Gasteiger partial charge >= 0.3 is 6.03 Å². The minimum Gasteiger partial charge on any atom is -0.399 e. The molecule has 3 heterocycles. The Labute approximate surface area is 860 Å². The Morgan fingerprint density at radius 1 is 0.544 bits per heavy atom. The van der Waals surface area contributed by atoms with Gasteiger partial charge < -0.3 is 132 Å². The third kappa shape index (κ3) is 29.7. The van der Waals surface area contributed by atoms with Gasteiger partial charge in [-0.3, -0.25) is 53.3 Å². The molecule has 147 heavy (non-hydrogen) atoms. The van der Waals surface area contributed by atoms with E-state index in [1.54, 1.807) is 24.8 Å². The lowest BCUT2D eigenvalue weighted by Gasteiger charge is -2.56. The summed E-state index contributed by atoms with van der Waals surface area (Å²) in [5.74, 6) is -0.191. The van der Waals surface area contributed by atoms with Crippen LogP contribution in [0.2, 0.25) is 0 Å². The number of hydrogen-bond donors (Lipinski definition) is 18. The van der Waals surface area contributed by atoms with Crippen LogP contribution in [0.4, 0.5) is 16.2 Å².